The van der Waals surface area contributed by atoms with E-state index in [0.717, 1.165) is 4.70 Å². The van der Waals surface area contributed by atoms with E-state index in [0.29, 0.717) is 11.3 Å². The molecular formula is C10H11N3O3S3. The van der Waals surface area contributed by atoms with Gasteiger partial charge in [-0.25, -0.2) is 13.4 Å². The van der Waals surface area contributed by atoms with Crippen LogP contribution in [0.3, 0.4) is 0 Å². The topological polar surface area (TPSA) is 94.3 Å². The molecule has 0 aliphatic carbocycles. The van der Waals surface area contributed by atoms with Crippen LogP contribution < -0.4 is 15.2 Å². The summed E-state index contributed by atoms with van der Waals surface area (Å²) in [6.45, 7) is 0. The van der Waals surface area contributed by atoms with Gasteiger partial charge in [-0.2, -0.15) is 0 Å². The molecule has 0 aliphatic rings. The Kier molecular flexibility index (Phi) is 3.88. The van der Waals surface area contributed by atoms with E-state index in [2.05, 4.69) is 21.9 Å². The molecular weight excluding hydrogens is 306 g/mol. The number of fused-ring (bicyclic) bond motifs is 1. The van der Waals surface area contributed by atoms with E-state index in [1.54, 1.807) is 25.3 Å². The molecule has 0 amide bonds. The molecule has 19 heavy (non-hydrogen) atoms. The Balaban J connectivity index is 2.29. The minimum absolute atomic E-state index is 0.0877. The molecule has 2 rings (SSSR count). The number of nitrogens with zero attached hydrogens (tertiary/aromatic N) is 1. The first-order chi connectivity index (χ1) is 8.89. The Morgan fingerprint density at radius 1 is 1.58 bits per heavy atom. The van der Waals surface area contributed by atoms with Crippen molar-refractivity contribution in [1.29, 1.82) is 0 Å². The van der Waals surface area contributed by atoms with Gasteiger partial charge in [0, 0.05) is 0 Å². The van der Waals surface area contributed by atoms with Crippen LogP contribution in [0.1, 0.15) is 0 Å². The highest BCUT2D eigenvalue weighted by Crippen LogP contribution is 2.29. The third-order valence-electron chi connectivity index (χ3n) is 2.17. The maximum absolute atomic E-state index is 11.7. The van der Waals surface area contributed by atoms with Crippen LogP contribution in [0.2, 0.25) is 0 Å². The second-order valence-corrected chi connectivity index (χ2v) is 6.96. The fraction of sp³-hybridized carbons (Fsp3) is 0.200. The van der Waals surface area contributed by atoms with Gasteiger partial charge in [-0.3, -0.25) is 4.72 Å². The van der Waals surface area contributed by atoms with Crippen molar-refractivity contribution in [3.63, 3.8) is 0 Å². The maximum atomic E-state index is 11.7. The molecule has 6 nitrogen and oxygen atoms in total. The van der Waals surface area contributed by atoms with Gasteiger partial charge in [-0.15, -0.1) is 0 Å². The minimum atomic E-state index is -3.60. The van der Waals surface area contributed by atoms with Gasteiger partial charge in [0.05, 0.1) is 22.3 Å². The van der Waals surface area contributed by atoms with E-state index in [9.17, 15) is 8.42 Å². The van der Waals surface area contributed by atoms with Gasteiger partial charge in [0.1, 0.15) is 11.5 Å². The SMILES string of the molecule is COc1ccc2nc(NS(=O)(=O)CC(N)=S)sc2c1. The molecule has 102 valence electrons. The fourth-order valence-electron chi connectivity index (χ4n) is 1.43. The monoisotopic (exact) mass is 317 g/mol. The molecule has 2 aromatic rings. The standard InChI is InChI=1S/C10H11N3O3S3/c1-16-6-2-3-7-8(4-6)18-10(12-7)13-19(14,15)5-9(11)17/h2-4H,5H2,1H3,(H2,11,17)(H,12,13). The van der Waals surface area contributed by atoms with Crippen molar-refractivity contribution in [2.45, 2.75) is 0 Å². The van der Waals surface area contributed by atoms with Crippen LogP contribution in [0.4, 0.5) is 5.13 Å². The Bertz CT molecular complexity index is 724. The predicted molar refractivity (Wildman–Crippen MR) is 80.4 cm³/mol. The number of aromatic nitrogens is 1. The molecule has 0 fully saturated rings. The lowest BCUT2D eigenvalue weighted by Crippen LogP contribution is -2.26. The smallest absolute Gasteiger partial charge is 0.241 e. The van der Waals surface area contributed by atoms with Crippen molar-refractivity contribution >= 4 is 53.9 Å². The highest BCUT2D eigenvalue weighted by Gasteiger charge is 2.15. The molecule has 3 N–H and O–H groups in total. The zero-order valence-corrected chi connectivity index (χ0v) is 12.4. The van der Waals surface area contributed by atoms with Gasteiger partial charge in [0.25, 0.3) is 0 Å². The third-order valence-corrected chi connectivity index (χ3v) is 4.76. The summed E-state index contributed by atoms with van der Waals surface area (Å²) >= 11 is 5.80. The number of sulfonamides is 1. The van der Waals surface area contributed by atoms with Crippen LogP contribution in [-0.2, 0) is 10.0 Å². The maximum Gasteiger partial charge on any atom is 0.241 e. The Morgan fingerprint density at radius 2 is 2.32 bits per heavy atom. The molecule has 0 radical (unpaired) electrons. The van der Waals surface area contributed by atoms with Crippen LogP contribution >= 0.6 is 23.6 Å². The van der Waals surface area contributed by atoms with Crippen molar-refractivity contribution in [1.82, 2.24) is 4.98 Å². The number of thiocarbonyl (C=S) groups is 1. The minimum Gasteiger partial charge on any atom is -0.497 e. The zero-order valence-electron chi connectivity index (χ0n) is 9.91. The lowest BCUT2D eigenvalue weighted by molar-refractivity contribution is 0.415. The van der Waals surface area contributed by atoms with E-state index in [1.807, 2.05) is 0 Å². The quantitative estimate of drug-likeness (QED) is 0.808. The summed E-state index contributed by atoms with van der Waals surface area (Å²) in [6.07, 6.45) is 0. The second kappa shape index (κ2) is 5.27. The van der Waals surface area contributed by atoms with Crippen molar-refractivity contribution < 1.29 is 13.2 Å². The average molecular weight is 317 g/mol. The number of ether oxygens (including phenoxy) is 1. The summed E-state index contributed by atoms with van der Waals surface area (Å²) in [6, 6.07) is 5.31. The molecule has 0 unspecified atom stereocenters. The molecule has 0 atom stereocenters. The first-order valence-corrected chi connectivity index (χ1v) is 8.01. The van der Waals surface area contributed by atoms with Crippen molar-refractivity contribution in [2.24, 2.45) is 5.73 Å². The lowest BCUT2D eigenvalue weighted by Gasteiger charge is -2.02. The molecule has 0 saturated carbocycles. The normalized spacial score (nSPS) is 11.4. The summed E-state index contributed by atoms with van der Waals surface area (Å²) in [4.78, 5) is 4.08. The van der Waals surface area contributed by atoms with Crippen molar-refractivity contribution in [3.05, 3.63) is 18.2 Å². The summed E-state index contributed by atoms with van der Waals surface area (Å²) < 4.78 is 31.6. The number of methoxy groups -OCH3 is 1. The molecule has 1 aromatic heterocycles. The first-order valence-electron chi connectivity index (χ1n) is 5.13. The molecule has 1 aromatic carbocycles. The van der Waals surface area contributed by atoms with Crippen molar-refractivity contribution in [2.75, 3.05) is 17.6 Å². The van der Waals surface area contributed by atoms with Crippen molar-refractivity contribution in [3.8, 4) is 5.75 Å². The molecule has 0 bridgehead atoms. The third kappa shape index (κ3) is 3.52. The van der Waals surface area contributed by atoms with Gasteiger partial charge < -0.3 is 10.5 Å². The number of benzene rings is 1. The number of nitrogens with one attached hydrogen (secondary N) is 1. The number of rotatable bonds is 5. The Morgan fingerprint density at radius 3 is 2.95 bits per heavy atom. The van der Waals surface area contributed by atoms with E-state index < -0.39 is 15.8 Å². The van der Waals surface area contributed by atoms with Crippen LogP contribution in [0.15, 0.2) is 18.2 Å². The number of hydrogen-bond acceptors (Lipinski definition) is 6. The summed E-state index contributed by atoms with van der Waals surface area (Å²) in [7, 11) is -2.03. The molecule has 9 heteroatoms. The summed E-state index contributed by atoms with van der Waals surface area (Å²) in [5.74, 6) is 0.287. The summed E-state index contributed by atoms with van der Waals surface area (Å²) in [5.41, 5.74) is 5.92. The van der Waals surface area contributed by atoms with E-state index in [-0.39, 0.29) is 10.1 Å². The lowest BCUT2D eigenvalue weighted by atomic mass is 10.3. The fourth-order valence-corrected chi connectivity index (χ4v) is 3.95. The molecule has 0 aliphatic heterocycles. The van der Waals surface area contributed by atoms with Crippen LogP contribution in [0.5, 0.6) is 5.75 Å². The van der Waals surface area contributed by atoms with Gasteiger partial charge in [0.2, 0.25) is 10.0 Å². The average Bonchev–Trinajstić information content (AvgIpc) is 2.66. The predicted octanol–water partition coefficient (Wildman–Crippen LogP) is 1.33. The van der Waals surface area contributed by atoms with E-state index in [4.69, 9.17) is 10.5 Å². The highest BCUT2D eigenvalue weighted by atomic mass is 32.2. The second-order valence-electron chi connectivity index (χ2n) is 3.68. The number of thiazole rings is 1. The zero-order chi connectivity index (χ0) is 14.0. The number of anilines is 1. The van der Waals surface area contributed by atoms with Crippen LogP contribution in [0.25, 0.3) is 10.2 Å². The molecule has 0 saturated heterocycles. The Labute approximate surface area is 119 Å². The number of hydrogen-bond donors (Lipinski definition) is 2. The Hall–Kier alpha value is -1.45. The first kappa shape index (κ1) is 14.0. The van der Waals surface area contributed by atoms with E-state index >= 15 is 0 Å². The van der Waals surface area contributed by atoms with Crippen LogP contribution in [-0.4, -0.2) is 31.3 Å². The van der Waals surface area contributed by atoms with Crippen LogP contribution in [0, 0.1) is 0 Å². The largest absolute Gasteiger partial charge is 0.497 e. The van der Waals surface area contributed by atoms with Gasteiger partial charge in [-0.05, 0) is 18.2 Å². The van der Waals surface area contributed by atoms with Gasteiger partial charge in [0.15, 0.2) is 5.13 Å². The van der Waals surface area contributed by atoms with E-state index in [1.165, 1.54) is 11.3 Å². The summed E-state index contributed by atoms with van der Waals surface area (Å²) in [5, 5.41) is 0.277. The van der Waals surface area contributed by atoms with Gasteiger partial charge >= 0.3 is 0 Å². The highest BCUT2D eigenvalue weighted by molar-refractivity contribution is 7.95. The number of nitrogens with two attached hydrogens (primary N) is 1. The van der Waals surface area contributed by atoms with Gasteiger partial charge in [-0.1, -0.05) is 23.6 Å². The molecule has 0 spiro atoms. The molecule has 1 heterocycles.